The van der Waals surface area contributed by atoms with Crippen LogP contribution in [0, 0.1) is 0 Å². The highest BCUT2D eigenvalue weighted by atomic mass is 32.1. The molecule has 0 saturated carbocycles. The van der Waals surface area contributed by atoms with Gasteiger partial charge in [-0.2, -0.15) is 0 Å². The van der Waals surface area contributed by atoms with Gasteiger partial charge in [0.2, 0.25) is 5.91 Å². The number of carbonyl (C=O) groups is 2. The van der Waals surface area contributed by atoms with E-state index < -0.39 is 0 Å². The first-order valence-corrected chi connectivity index (χ1v) is 14.3. The van der Waals surface area contributed by atoms with Crippen LogP contribution in [0.1, 0.15) is 70.8 Å². The number of benzene rings is 2. The lowest BCUT2D eigenvalue weighted by Gasteiger charge is -2.39. The van der Waals surface area contributed by atoms with Crippen LogP contribution in [0.25, 0.3) is 0 Å². The second-order valence-electron chi connectivity index (χ2n) is 9.66. The van der Waals surface area contributed by atoms with Crippen molar-refractivity contribution >= 4 is 28.9 Å². The summed E-state index contributed by atoms with van der Waals surface area (Å²) < 4.78 is 16.4. The molecule has 1 amide bonds. The average molecular weight is 548 g/mol. The molecular weight excluding hydrogens is 510 g/mol. The van der Waals surface area contributed by atoms with Gasteiger partial charge in [-0.15, -0.1) is 11.3 Å². The Labute approximate surface area is 235 Å². The number of anilines is 1. The van der Waals surface area contributed by atoms with E-state index in [0.717, 1.165) is 46.7 Å². The van der Waals surface area contributed by atoms with E-state index in [0.29, 0.717) is 24.3 Å². The topological polar surface area (TPSA) is 65.1 Å². The van der Waals surface area contributed by atoms with Crippen LogP contribution in [0.5, 0.6) is 5.75 Å². The second kappa shape index (κ2) is 14.1. The van der Waals surface area contributed by atoms with E-state index >= 15 is 0 Å². The van der Waals surface area contributed by atoms with E-state index in [9.17, 15) is 9.59 Å². The molecule has 4 rings (SSSR count). The molecule has 1 aromatic heterocycles. The number of carbonyl (C=O) groups excluding carboxylic acids is 2. The van der Waals surface area contributed by atoms with Gasteiger partial charge in [0.25, 0.3) is 0 Å². The van der Waals surface area contributed by atoms with Crippen molar-refractivity contribution in [3.8, 4) is 5.75 Å². The molecule has 1 aliphatic heterocycles. The van der Waals surface area contributed by atoms with E-state index in [4.69, 9.17) is 14.2 Å². The minimum absolute atomic E-state index is 0.00355. The van der Waals surface area contributed by atoms with Gasteiger partial charge in [0.15, 0.2) is 0 Å². The lowest BCUT2D eigenvalue weighted by molar-refractivity contribution is -0.123. The van der Waals surface area contributed by atoms with E-state index in [1.165, 1.54) is 24.9 Å². The number of amides is 1. The molecule has 1 aliphatic rings. The van der Waals surface area contributed by atoms with Gasteiger partial charge in [-0.1, -0.05) is 62.6 Å². The number of methoxy groups -OCH3 is 2. The molecule has 1 unspecified atom stereocenters. The summed E-state index contributed by atoms with van der Waals surface area (Å²) in [6.07, 6.45) is 9.76. The van der Waals surface area contributed by atoms with Crippen LogP contribution >= 0.6 is 11.3 Å². The fourth-order valence-electron chi connectivity index (χ4n) is 4.66. The number of ether oxygens (including phenoxy) is 3. The third-order valence-corrected chi connectivity index (χ3v) is 8.02. The second-order valence-corrected chi connectivity index (χ2v) is 10.8. The van der Waals surface area contributed by atoms with Crippen LogP contribution < -0.4 is 9.64 Å². The van der Waals surface area contributed by atoms with E-state index in [1.54, 1.807) is 13.2 Å². The zero-order valence-corrected chi connectivity index (χ0v) is 23.7. The van der Waals surface area contributed by atoms with Crippen molar-refractivity contribution < 1.29 is 23.8 Å². The largest absolute Gasteiger partial charge is 0.497 e. The first-order valence-electron chi connectivity index (χ1n) is 13.5. The molecule has 1 fully saturated rings. The van der Waals surface area contributed by atoms with Crippen molar-refractivity contribution in [2.24, 2.45) is 0 Å². The number of β-lactam (4-membered cyclic amide) rings is 1. The highest BCUT2D eigenvalue weighted by Crippen LogP contribution is 2.32. The Morgan fingerprint density at radius 3 is 2.49 bits per heavy atom. The molecule has 206 valence electrons. The highest BCUT2D eigenvalue weighted by molar-refractivity contribution is 7.13. The summed E-state index contributed by atoms with van der Waals surface area (Å²) in [5, 5.41) is 0. The Balaban J connectivity index is 1.38. The number of esters is 1. The molecule has 6 nitrogen and oxygen atoms in total. The molecule has 1 saturated heterocycles. The van der Waals surface area contributed by atoms with Crippen molar-refractivity contribution in [2.75, 3.05) is 19.1 Å². The highest BCUT2D eigenvalue weighted by Gasteiger charge is 2.35. The van der Waals surface area contributed by atoms with Crippen LogP contribution in [0.4, 0.5) is 5.69 Å². The molecule has 3 aromatic rings. The molecule has 7 heteroatoms. The molecule has 2 atom stereocenters. The quantitative estimate of drug-likeness (QED) is 0.0918. The maximum Gasteiger partial charge on any atom is 0.348 e. The third-order valence-electron chi connectivity index (χ3n) is 6.93. The third kappa shape index (κ3) is 7.58. The summed E-state index contributed by atoms with van der Waals surface area (Å²) in [4.78, 5) is 27.7. The first kappa shape index (κ1) is 28.6. The molecular formula is C32H37NO5S. The Morgan fingerprint density at radius 2 is 1.82 bits per heavy atom. The van der Waals surface area contributed by atoms with Gasteiger partial charge in [-0.05, 0) is 60.4 Å². The lowest BCUT2D eigenvalue weighted by atomic mass is 9.98. The molecule has 0 spiro atoms. The fourth-order valence-corrected chi connectivity index (χ4v) is 5.56. The van der Waals surface area contributed by atoms with Gasteiger partial charge in [0.05, 0.1) is 39.4 Å². The van der Waals surface area contributed by atoms with Crippen molar-refractivity contribution in [2.45, 2.75) is 64.2 Å². The van der Waals surface area contributed by atoms with E-state index in [-0.39, 0.29) is 24.0 Å². The number of allylic oxidation sites excluding steroid dienone is 1. The Kier molecular flexibility index (Phi) is 10.3. The van der Waals surface area contributed by atoms with Gasteiger partial charge in [-0.25, -0.2) is 4.79 Å². The summed E-state index contributed by atoms with van der Waals surface area (Å²) in [6, 6.07) is 20.0. The van der Waals surface area contributed by atoms with Crippen LogP contribution in [0.2, 0.25) is 0 Å². The predicted molar refractivity (Wildman–Crippen MR) is 156 cm³/mol. The summed E-state index contributed by atoms with van der Waals surface area (Å²) in [5.41, 5.74) is 3.14. The lowest BCUT2D eigenvalue weighted by Crippen LogP contribution is -2.51. The van der Waals surface area contributed by atoms with Crippen molar-refractivity contribution in [3.63, 3.8) is 0 Å². The number of unbranched alkanes of at least 4 members (excludes halogenated alkanes) is 2. The summed E-state index contributed by atoms with van der Waals surface area (Å²) in [5.74, 6) is 0.645. The minimum atomic E-state index is -0.312. The Bertz CT molecular complexity index is 1250. The Morgan fingerprint density at radius 1 is 1.05 bits per heavy atom. The van der Waals surface area contributed by atoms with Crippen molar-refractivity contribution in [1.29, 1.82) is 0 Å². The average Bonchev–Trinajstić information content (AvgIpc) is 3.43. The summed E-state index contributed by atoms with van der Waals surface area (Å²) in [6.45, 7) is 2.74. The molecule has 0 radical (unpaired) electrons. The Hall–Kier alpha value is -3.42. The normalized spacial score (nSPS) is 15.8. The minimum Gasteiger partial charge on any atom is -0.497 e. The fraction of sp³-hybridized carbons (Fsp3) is 0.375. The number of thiophene rings is 1. The molecule has 0 aliphatic carbocycles. The van der Waals surface area contributed by atoms with Crippen LogP contribution in [-0.2, 0) is 27.3 Å². The first-order chi connectivity index (χ1) is 19.0. The smallest absolute Gasteiger partial charge is 0.348 e. The van der Waals surface area contributed by atoms with Crippen molar-refractivity contribution in [1.82, 2.24) is 0 Å². The van der Waals surface area contributed by atoms with Crippen molar-refractivity contribution in [3.05, 3.63) is 93.7 Å². The molecule has 2 heterocycles. The van der Waals surface area contributed by atoms with E-state index in [2.05, 4.69) is 31.2 Å². The predicted octanol–water partition coefficient (Wildman–Crippen LogP) is 7.29. The van der Waals surface area contributed by atoms with Crippen LogP contribution in [-0.4, -0.2) is 32.1 Å². The number of nitrogens with zero attached hydrogens (tertiary/aromatic N) is 1. The SMILES string of the molecule is CCCCCC(OCc1ccc(OC)cc1)c1ccc(N2C(=O)C[C@@H]2C=CCc2ccc(C(=O)OC)s2)cc1. The van der Waals surface area contributed by atoms with Gasteiger partial charge in [-0.3, -0.25) is 4.79 Å². The monoisotopic (exact) mass is 547 g/mol. The molecule has 2 aromatic carbocycles. The maximum absolute atomic E-state index is 12.5. The maximum atomic E-state index is 12.5. The molecule has 0 bridgehead atoms. The van der Waals surface area contributed by atoms with Gasteiger partial charge in [0.1, 0.15) is 10.6 Å². The summed E-state index contributed by atoms with van der Waals surface area (Å²) >= 11 is 1.43. The number of hydrogen-bond donors (Lipinski definition) is 0. The summed E-state index contributed by atoms with van der Waals surface area (Å²) in [7, 11) is 3.05. The molecule has 39 heavy (non-hydrogen) atoms. The zero-order valence-electron chi connectivity index (χ0n) is 22.9. The number of rotatable bonds is 14. The van der Waals surface area contributed by atoms with Crippen LogP contribution in [0.15, 0.2) is 72.8 Å². The zero-order chi connectivity index (χ0) is 27.6. The van der Waals surface area contributed by atoms with E-state index in [1.807, 2.05) is 47.4 Å². The number of hydrogen-bond acceptors (Lipinski definition) is 6. The molecule has 0 N–H and O–H groups in total. The standard InChI is InChI=1S/C32H37NO5S/c1-4-5-6-10-29(38-22-23-11-17-27(36-2)18-12-23)24-13-15-25(16-14-24)33-26(21-31(33)34)8-7-9-28-19-20-30(39-28)32(35)37-3/h7-8,11-20,26,29H,4-6,9-10,21-22H2,1-3H3/t26-,29?/m0/s1. The van der Waals surface area contributed by atoms with Gasteiger partial charge in [0, 0.05) is 10.6 Å². The van der Waals surface area contributed by atoms with Crippen LogP contribution in [0.3, 0.4) is 0 Å². The van der Waals surface area contributed by atoms with Gasteiger partial charge >= 0.3 is 5.97 Å². The van der Waals surface area contributed by atoms with Gasteiger partial charge < -0.3 is 19.1 Å².